The maximum absolute atomic E-state index is 11.4. The van der Waals surface area contributed by atoms with Crippen molar-refractivity contribution in [2.45, 2.75) is 56.9 Å². The molecular formula is C11H20O7. The fourth-order valence-electron chi connectivity index (χ4n) is 1.67. The number of aliphatic hydroxyl groups is 4. The normalized spacial score (nSPS) is 36.4. The summed E-state index contributed by atoms with van der Waals surface area (Å²) in [5, 5.41) is 37.5. The second kappa shape index (κ2) is 7.01. The van der Waals surface area contributed by atoms with Gasteiger partial charge < -0.3 is 29.9 Å². The smallest absolute Gasteiger partial charge is 0.308 e. The summed E-state index contributed by atoms with van der Waals surface area (Å²) in [5.41, 5.74) is 0. The van der Waals surface area contributed by atoms with Crippen LogP contribution in [0, 0.1) is 0 Å². The van der Waals surface area contributed by atoms with E-state index in [1.807, 2.05) is 6.92 Å². The van der Waals surface area contributed by atoms with Gasteiger partial charge in [0.05, 0.1) is 6.61 Å². The summed E-state index contributed by atoms with van der Waals surface area (Å²) < 4.78 is 9.89. The molecule has 0 aliphatic carbocycles. The third-order valence-corrected chi connectivity index (χ3v) is 2.83. The fraction of sp³-hybridized carbons (Fsp3) is 0.909. The van der Waals surface area contributed by atoms with Crippen LogP contribution in [0.5, 0.6) is 0 Å². The van der Waals surface area contributed by atoms with E-state index in [0.29, 0.717) is 6.42 Å². The predicted molar refractivity (Wildman–Crippen MR) is 59.4 cm³/mol. The first-order valence-electron chi connectivity index (χ1n) is 6.01. The Bertz CT molecular complexity index is 268. The van der Waals surface area contributed by atoms with Gasteiger partial charge in [-0.15, -0.1) is 0 Å². The zero-order chi connectivity index (χ0) is 13.7. The monoisotopic (exact) mass is 264 g/mol. The van der Waals surface area contributed by atoms with Gasteiger partial charge in [-0.25, -0.2) is 0 Å². The molecule has 1 fully saturated rings. The Labute approximate surface area is 105 Å². The van der Waals surface area contributed by atoms with E-state index in [0.717, 1.165) is 6.42 Å². The highest BCUT2D eigenvalue weighted by Crippen LogP contribution is 2.22. The van der Waals surface area contributed by atoms with Gasteiger partial charge in [-0.05, 0) is 6.42 Å². The first kappa shape index (κ1) is 15.3. The number of aliphatic hydroxyl groups excluding tert-OH is 4. The molecule has 1 rings (SSSR count). The van der Waals surface area contributed by atoms with Crippen molar-refractivity contribution in [2.24, 2.45) is 0 Å². The topological polar surface area (TPSA) is 116 Å². The van der Waals surface area contributed by atoms with Crippen molar-refractivity contribution in [2.75, 3.05) is 6.61 Å². The number of ether oxygens (including phenoxy) is 2. The van der Waals surface area contributed by atoms with Gasteiger partial charge >= 0.3 is 5.97 Å². The Morgan fingerprint density at radius 1 is 1.22 bits per heavy atom. The van der Waals surface area contributed by atoms with E-state index < -0.39 is 43.3 Å². The van der Waals surface area contributed by atoms with Gasteiger partial charge in [-0.2, -0.15) is 0 Å². The van der Waals surface area contributed by atoms with Crippen LogP contribution in [0.4, 0.5) is 0 Å². The quantitative estimate of drug-likeness (QED) is 0.447. The van der Waals surface area contributed by atoms with E-state index >= 15 is 0 Å². The summed E-state index contributed by atoms with van der Waals surface area (Å²) in [6.45, 7) is 1.37. The Kier molecular flexibility index (Phi) is 5.97. The van der Waals surface area contributed by atoms with Crippen molar-refractivity contribution in [3.63, 3.8) is 0 Å². The number of hydrogen-bond acceptors (Lipinski definition) is 7. The van der Waals surface area contributed by atoms with Crippen LogP contribution < -0.4 is 0 Å². The lowest BCUT2D eigenvalue weighted by atomic mass is 9.99. The Morgan fingerprint density at radius 3 is 2.44 bits per heavy atom. The maximum Gasteiger partial charge on any atom is 0.308 e. The molecule has 106 valence electrons. The summed E-state index contributed by atoms with van der Waals surface area (Å²) >= 11 is 0. The van der Waals surface area contributed by atoms with Crippen molar-refractivity contribution in [1.29, 1.82) is 0 Å². The average Bonchev–Trinajstić information content (AvgIpc) is 2.37. The van der Waals surface area contributed by atoms with E-state index in [1.165, 1.54) is 0 Å². The maximum atomic E-state index is 11.4. The number of rotatable bonds is 5. The lowest BCUT2D eigenvalue weighted by molar-refractivity contribution is -0.292. The number of hydrogen-bond donors (Lipinski definition) is 4. The van der Waals surface area contributed by atoms with Crippen molar-refractivity contribution in [3.8, 4) is 0 Å². The van der Waals surface area contributed by atoms with Crippen molar-refractivity contribution in [3.05, 3.63) is 0 Å². The van der Waals surface area contributed by atoms with E-state index in [9.17, 15) is 20.1 Å². The molecule has 0 amide bonds. The summed E-state index contributed by atoms with van der Waals surface area (Å²) in [6.07, 6.45) is -5.29. The van der Waals surface area contributed by atoms with Crippen molar-refractivity contribution >= 4 is 5.97 Å². The molecule has 5 atom stereocenters. The summed E-state index contributed by atoms with van der Waals surface area (Å²) in [6, 6.07) is 0. The zero-order valence-electron chi connectivity index (χ0n) is 10.2. The molecule has 0 saturated carbocycles. The minimum atomic E-state index is -1.53. The van der Waals surface area contributed by atoms with Crippen LogP contribution in [-0.4, -0.2) is 63.7 Å². The third-order valence-electron chi connectivity index (χ3n) is 2.83. The second-order valence-electron chi connectivity index (χ2n) is 4.29. The molecule has 4 N–H and O–H groups in total. The number of esters is 1. The molecule has 0 aromatic rings. The molecule has 1 aliphatic heterocycles. The SMILES string of the molecule is CCCCC(=O)O[C@H]1O[C@H](CO)[C@H](O)[C@H](O)[C@H]1O. The molecule has 7 nitrogen and oxygen atoms in total. The van der Waals surface area contributed by atoms with Crippen LogP contribution >= 0.6 is 0 Å². The fourth-order valence-corrected chi connectivity index (χ4v) is 1.67. The molecule has 1 aliphatic rings. The highest BCUT2D eigenvalue weighted by Gasteiger charge is 2.45. The predicted octanol–water partition coefficient (Wildman–Crippen LogP) is -1.48. The number of unbranched alkanes of at least 4 members (excludes halogenated alkanes) is 1. The Balaban J connectivity index is 2.56. The number of carbonyl (C=O) groups is 1. The van der Waals surface area contributed by atoms with E-state index in [1.54, 1.807) is 0 Å². The van der Waals surface area contributed by atoms with Crippen LogP contribution in [0.25, 0.3) is 0 Å². The van der Waals surface area contributed by atoms with E-state index in [4.69, 9.17) is 14.6 Å². The van der Waals surface area contributed by atoms with Crippen molar-refractivity contribution in [1.82, 2.24) is 0 Å². The van der Waals surface area contributed by atoms with Gasteiger partial charge in [-0.1, -0.05) is 13.3 Å². The lowest BCUT2D eigenvalue weighted by Crippen LogP contribution is -2.59. The Morgan fingerprint density at radius 2 is 1.89 bits per heavy atom. The molecule has 1 heterocycles. The summed E-state index contributed by atoms with van der Waals surface area (Å²) in [5.74, 6) is -0.554. The Hall–Kier alpha value is -0.730. The van der Waals surface area contributed by atoms with Gasteiger partial charge in [0, 0.05) is 6.42 Å². The molecule has 0 unspecified atom stereocenters. The van der Waals surface area contributed by atoms with E-state index in [2.05, 4.69) is 0 Å². The molecule has 1 saturated heterocycles. The van der Waals surface area contributed by atoms with Gasteiger partial charge in [-0.3, -0.25) is 4.79 Å². The third kappa shape index (κ3) is 3.63. The van der Waals surface area contributed by atoms with E-state index in [-0.39, 0.29) is 6.42 Å². The molecule has 0 aromatic carbocycles. The average molecular weight is 264 g/mol. The van der Waals surface area contributed by atoms with Crippen LogP contribution in [-0.2, 0) is 14.3 Å². The van der Waals surface area contributed by atoms with Gasteiger partial charge in [0.1, 0.15) is 24.4 Å². The second-order valence-corrected chi connectivity index (χ2v) is 4.29. The summed E-state index contributed by atoms with van der Waals surface area (Å²) in [7, 11) is 0. The number of carbonyl (C=O) groups excluding carboxylic acids is 1. The largest absolute Gasteiger partial charge is 0.433 e. The standard InChI is InChI=1S/C11H20O7/c1-2-3-4-7(13)18-11-10(16)9(15)8(14)6(5-12)17-11/h6,8-12,14-16H,2-5H2,1H3/t6-,8+,9+,10-,11-/m1/s1. The van der Waals surface area contributed by atoms with Crippen LogP contribution in [0.2, 0.25) is 0 Å². The minimum Gasteiger partial charge on any atom is -0.433 e. The van der Waals surface area contributed by atoms with Crippen LogP contribution in [0.1, 0.15) is 26.2 Å². The van der Waals surface area contributed by atoms with Gasteiger partial charge in [0.15, 0.2) is 0 Å². The molecule has 0 aromatic heterocycles. The molecule has 0 bridgehead atoms. The molecule has 7 heteroatoms. The highest BCUT2D eigenvalue weighted by molar-refractivity contribution is 5.69. The summed E-state index contributed by atoms with van der Waals surface area (Å²) in [4.78, 5) is 11.4. The van der Waals surface area contributed by atoms with Gasteiger partial charge in [0.25, 0.3) is 0 Å². The van der Waals surface area contributed by atoms with Gasteiger partial charge in [0.2, 0.25) is 6.29 Å². The zero-order valence-corrected chi connectivity index (χ0v) is 10.2. The molecule has 18 heavy (non-hydrogen) atoms. The molecule has 0 spiro atoms. The lowest BCUT2D eigenvalue weighted by Gasteiger charge is -2.39. The van der Waals surface area contributed by atoms with Crippen LogP contribution in [0.3, 0.4) is 0 Å². The minimum absolute atomic E-state index is 0.186. The van der Waals surface area contributed by atoms with Crippen LogP contribution in [0.15, 0.2) is 0 Å². The van der Waals surface area contributed by atoms with Crippen molar-refractivity contribution < 1.29 is 34.7 Å². The molecule has 0 radical (unpaired) electrons. The highest BCUT2D eigenvalue weighted by atomic mass is 16.7. The molecular weight excluding hydrogens is 244 g/mol. The first-order chi connectivity index (χ1) is 8.51. The first-order valence-corrected chi connectivity index (χ1v) is 6.01.